The molecule has 3 aliphatic heterocycles. The highest BCUT2D eigenvalue weighted by Crippen LogP contribution is 2.41. The molecule has 2 atom stereocenters. The van der Waals surface area contributed by atoms with Crippen molar-refractivity contribution in [3.05, 3.63) is 22.9 Å². The second-order valence-corrected chi connectivity index (χ2v) is 8.24. The highest BCUT2D eigenvalue weighted by molar-refractivity contribution is 8.00. The summed E-state index contributed by atoms with van der Waals surface area (Å²) in [5.41, 5.74) is 5.78. The minimum absolute atomic E-state index is 0.132. The van der Waals surface area contributed by atoms with Crippen LogP contribution in [-0.2, 0) is 23.9 Å². The van der Waals surface area contributed by atoms with Crippen LogP contribution in [0.2, 0.25) is 0 Å². The van der Waals surface area contributed by atoms with Crippen molar-refractivity contribution in [1.82, 2.24) is 9.80 Å². The van der Waals surface area contributed by atoms with Gasteiger partial charge in [0, 0.05) is 23.9 Å². The maximum atomic E-state index is 12.5. The number of nitrogens with zero attached hydrogens (tertiary/aromatic N) is 2. The quantitative estimate of drug-likeness (QED) is 0.299. The standard InChI is InChI=1S/C17H16F3N3O5S/c18-17(19,20)16(27)28-15(26)11-8(6-29-14-10(21)13(25)23(11)14)5-7-3-4-22(12(7)24)9-1-2-9/h5,9-10,14H,1-4,6,21H2/b7-5-/t10-,14-/m1/s1. The molecule has 4 aliphatic rings. The van der Waals surface area contributed by atoms with E-state index in [9.17, 15) is 32.3 Å². The summed E-state index contributed by atoms with van der Waals surface area (Å²) in [6.07, 6.45) is -1.67. The molecule has 156 valence electrons. The minimum Gasteiger partial charge on any atom is -0.382 e. The summed E-state index contributed by atoms with van der Waals surface area (Å²) in [6.45, 7) is 0.526. The molecule has 1 aliphatic carbocycles. The van der Waals surface area contributed by atoms with Gasteiger partial charge in [-0.1, -0.05) is 0 Å². The van der Waals surface area contributed by atoms with Gasteiger partial charge in [0.25, 0.3) is 0 Å². The molecule has 0 radical (unpaired) electrons. The van der Waals surface area contributed by atoms with E-state index in [-0.39, 0.29) is 23.3 Å². The number of β-lactam (4-membered cyclic amide) rings is 1. The number of thioether (sulfide) groups is 1. The molecule has 3 fully saturated rings. The van der Waals surface area contributed by atoms with Gasteiger partial charge in [0.05, 0.1) is 0 Å². The Balaban J connectivity index is 1.66. The summed E-state index contributed by atoms with van der Waals surface area (Å²) >= 11 is 1.22. The van der Waals surface area contributed by atoms with E-state index >= 15 is 0 Å². The Hall–Kier alpha value is -2.34. The second kappa shape index (κ2) is 6.87. The average Bonchev–Trinajstić information content (AvgIpc) is 3.44. The number of nitrogens with two attached hydrogens (primary N) is 1. The molecule has 12 heteroatoms. The van der Waals surface area contributed by atoms with Crippen LogP contribution in [0.25, 0.3) is 0 Å². The monoisotopic (exact) mass is 431 g/mol. The summed E-state index contributed by atoms with van der Waals surface area (Å²) < 4.78 is 41.4. The maximum absolute atomic E-state index is 12.5. The predicted molar refractivity (Wildman–Crippen MR) is 92.7 cm³/mol. The predicted octanol–water partition coefficient (Wildman–Crippen LogP) is 0.436. The molecule has 2 saturated heterocycles. The van der Waals surface area contributed by atoms with Gasteiger partial charge >= 0.3 is 18.1 Å². The van der Waals surface area contributed by atoms with Gasteiger partial charge in [-0.25, -0.2) is 9.59 Å². The Labute approximate surface area is 166 Å². The molecule has 0 unspecified atom stereocenters. The van der Waals surface area contributed by atoms with Crippen molar-refractivity contribution in [2.75, 3.05) is 12.3 Å². The van der Waals surface area contributed by atoms with Gasteiger partial charge in [0.15, 0.2) is 0 Å². The fourth-order valence-electron chi connectivity index (χ4n) is 3.54. The number of ether oxygens (including phenoxy) is 1. The smallest absolute Gasteiger partial charge is 0.382 e. The first-order valence-corrected chi connectivity index (χ1v) is 9.92. The Morgan fingerprint density at radius 2 is 1.93 bits per heavy atom. The van der Waals surface area contributed by atoms with E-state index < -0.39 is 41.1 Å². The maximum Gasteiger partial charge on any atom is 0.491 e. The van der Waals surface area contributed by atoms with Crippen molar-refractivity contribution >= 4 is 35.5 Å². The number of esters is 2. The largest absolute Gasteiger partial charge is 0.491 e. The van der Waals surface area contributed by atoms with Crippen LogP contribution in [0.1, 0.15) is 19.3 Å². The van der Waals surface area contributed by atoms with Crippen LogP contribution >= 0.6 is 11.8 Å². The number of amides is 2. The Bertz CT molecular complexity index is 880. The molecule has 0 aromatic carbocycles. The number of fused-ring (bicyclic) bond motifs is 1. The highest BCUT2D eigenvalue weighted by Gasteiger charge is 2.53. The first-order chi connectivity index (χ1) is 13.6. The summed E-state index contributed by atoms with van der Waals surface area (Å²) in [5.74, 6) is -4.99. The van der Waals surface area contributed by atoms with Gasteiger partial charge in [-0.05, 0) is 30.9 Å². The average molecular weight is 431 g/mol. The highest BCUT2D eigenvalue weighted by atomic mass is 32.2. The van der Waals surface area contributed by atoms with E-state index in [1.807, 2.05) is 0 Å². The fraction of sp³-hybridized carbons (Fsp3) is 0.529. The van der Waals surface area contributed by atoms with E-state index in [2.05, 4.69) is 4.74 Å². The molecule has 0 aromatic rings. The van der Waals surface area contributed by atoms with Crippen LogP contribution in [0.4, 0.5) is 13.2 Å². The van der Waals surface area contributed by atoms with Crippen molar-refractivity contribution < 1.29 is 37.1 Å². The van der Waals surface area contributed by atoms with Crippen molar-refractivity contribution in [2.45, 2.75) is 42.9 Å². The van der Waals surface area contributed by atoms with Gasteiger partial charge in [0.2, 0.25) is 11.8 Å². The zero-order chi connectivity index (χ0) is 21.1. The van der Waals surface area contributed by atoms with Crippen molar-refractivity contribution in [1.29, 1.82) is 0 Å². The summed E-state index contributed by atoms with van der Waals surface area (Å²) in [6, 6.07) is -0.704. The normalized spacial score (nSPS) is 28.6. The van der Waals surface area contributed by atoms with E-state index in [1.165, 1.54) is 17.8 Å². The molecule has 0 spiro atoms. The topological polar surface area (TPSA) is 110 Å². The van der Waals surface area contributed by atoms with Gasteiger partial charge < -0.3 is 15.4 Å². The molecule has 0 aromatic heterocycles. The zero-order valence-electron chi connectivity index (χ0n) is 14.9. The summed E-state index contributed by atoms with van der Waals surface area (Å²) in [5, 5.41) is -0.643. The molecular weight excluding hydrogens is 415 g/mol. The number of halogens is 3. The Morgan fingerprint density at radius 3 is 2.55 bits per heavy atom. The van der Waals surface area contributed by atoms with Gasteiger partial charge in [0.1, 0.15) is 17.1 Å². The SMILES string of the molecule is N[C@@H]1C(=O)N2C(C(=O)OC(=O)C(F)(F)F)=C(/C=C3/CCN(C4CC4)C3=O)CS[C@H]12. The van der Waals surface area contributed by atoms with E-state index in [4.69, 9.17) is 5.73 Å². The fourth-order valence-corrected chi connectivity index (χ4v) is 4.80. The minimum atomic E-state index is -5.36. The van der Waals surface area contributed by atoms with Gasteiger partial charge in [-0.15, -0.1) is 11.8 Å². The lowest BCUT2D eigenvalue weighted by Crippen LogP contribution is -2.68. The van der Waals surface area contributed by atoms with Crippen LogP contribution in [0.3, 0.4) is 0 Å². The lowest BCUT2D eigenvalue weighted by molar-refractivity contribution is -0.201. The number of carbonyl (C=O) groups is 4. The number of allylic oxidation sites excluding steroid dienone is 1. The molecular formula is C17H16F3N3O5S. The molecule has 29 heavy (non-hydrogen) atoms. The number of rotatable bonds is 3. The summed E-state index contributed by atoms with van der Waals surface area (Å²) in [4.78, 5) is 50.8. The lowest BCUT2D eigenvalue weighted by atomic mass is 10.0. The van der Waals surface area contributed by atoms with Crippen LogP contribution in [0.5, 0.6) is 0 Å². The number of carbonyl (C=O) groups excluding carboxylic acids is 4. The third-order valence-corrected chi connectivity index (χ3v) is 6.47. The molecule has 1 saturated carbocycles. The Kier molecular flexibility index (Phi) is 4.73. The number of alkyl halides is 3. The summed E-state index contributed by atoms with van der Waals surface area (Å²) in [7, 11) is 0. The van der Waals surface area contributed by atoms with Gasteiger partial charge in [-0.2, -0.15) is 13.2 Å². The molecule has 4 rings (SSSR count). The number of likely N-dealkylation sites (tertiary alicyclic amines) is 1. The van der Waals surface area contributed by atoms with Crippen molar-refractivity contribution in [3.8, 4) is 0 Å². The van der Waals surface area contributed by atoms with Crippen LogP contribution < -0.4 is 5.73 Å². The van der Waals surface area contributed by atoms with Crippen molar-refractivity contribution in [2.24, 2.45) is 5.73 Å². The molecule has 2 N–H and O–H groups in total. The molecule has 2 amide bonds. The Morgan fingerprint density at radius 1 is 1.24 bits per heavy atom. The number of hydrogen-bond donors (Lipinski definition) is 1. The van der Waals surface area contributed by atoms with E-state index in [0.29, 0.717) is 18.5 Å². The van der Waals surface area contributed by atoms with Crippen LogP contribution in [0.15, 0.2) is 22.9 Å². The lowest BCUT2D eigenvalue weighted by Gasteiger charge is -2.48. The first kappa shape index (κ1) is 20.0. The second-order valence-electron chi connectivity index (χ2n) is 7.13. The molecule has 3 heterocycles. The van der Waals surface area contributed by atoms with Crippen LogP contribution in [-0.4, -0.2) is 69.5 Å². The van der Waals surface area contributed by atoms with Gasteiger partial charge in [-0.3, -0.25) is 14.5 Å². The number of hydrogen-bond acceptors (Lipinski definition) is 7. The van der Waals surface area contributed by atoms with E-state index in [1.54, 1.807) is 4.90 Å². The van der Waals surface area contributed by atoms with Crippen molar-refractivity contribution in [3.63, 3.8) is 0 Å². The van der Waals surface area contributed by atoms with E-state index in [0.717, 1.165) is 17.7 Å². The zero-order valence-corrected chi connectivity index (χ0v) is 15.7. The molecule has 8 nitrogen and oxygen atoms in total. The first-order valence-electron chi connectivity index (χ1n) is 8.88. The van der Waals surface area contributed by atoms with Crippen LogP contribution in [0, 0.1) is 0 Å². The molecule has 0 bridgehead atoms. The third kappa shape index (κ3) is 3.44. The third-order valence-electron chi connectivity index (χ3n) is 5.14.